The molecule has 1 saturated heterocycles. The molecule has 1 fully saturated rings. The van der Waals surface area contributed by atoms with Gasteiger partial charge in [0.15, 0.2) is 24.3 Å². The first kappa shape index (κ1) is 15.4. The van der Waals surface area contributed by atoms with Crippen molar-refractivity contribution in [3.05, 3.63) is 30.3 Å². The van der Waals surface area contributed by atoms with Crippen LogP contribution in [0.1, 0.15) is 6.42 Å². The van der Waals surface area contributed by atoms with E-state index in [0.717, 1.165) is 0 Å². The Bertz CT molecular complexity index is 807. The van der Waals surface area contributed by atoms with E-state index in [1.807, 2.05) is 0 Å². The van der Waals surface area contributed by atoms with Crippen molar-refractivity contribution in [2.24, 2.45) is 0 Å². The molecular weight excluding hydrogens is 328 g/mol. The second kappa shape index (κ2) is 4.79. The van der Waals surface area contributed by atoms with Crippen molar-refractivity contribution in [3.63, 3.8) is 0 Å². The van der Waals surface area contributed by atoms with Crippen LogP contribution in [-0.4, -0.2) is 45.4 Å². The zero-order valence-corrected chi connectivity index (χ0v) is 12.5. The van der Waals surface area contributed by atoms with Crippen LogP contribution >= 0.6 is 0 Å². The molecule has 0 amide bonds. The fraction of sp³-hybridized carbons (Fsp3) is 0.400. The minimum Gasteiger partial charge on any atom is -0.285 e. The van der Waals surface area contributed by atoms with E-state index in [9.17, 15) is 25.3 Å². The van der Waals surface area contributed by atoms with Gasteiger partial charge in [-0.25, -0.2) is 16.8 Å². The Balaban J connectivity index is 2.64. The molecule has 1 heterocycles. The van der Waals surface area contributed by atoms with Gasteiger partial charge in [0.05, 0.1) is 10.6 Å². The van der Waals surface area contributed by atoms with Crippen LogP contribution in [0.15, 0.2) is 35.2 Å². The standard InChI is InChI=1S/C10H12O7S3/c11-18(12)7-6-9(20(15,16)17)10(18)19(13,14)8-4-2-1-3-5-8/h1-5,9-10H,6-7H2,(H,15,16,17). The summed E-state index contributed by atoms with van der Waals surface area (Å²) in [7, 11) is -13.3. The van der Waals surface area contributed by atoms with Gasteiger partial charge in [-0.05, 0) is 18.6 Å². The maximum Gasteiger partial charge on any atom is 0.270 e. The highest BCUT2D eigenvalue weighted by Crippen LogP contribution is 2.33. The Labute approximate surface area is 117 Å². The van der Waals surface area contributed by atoms with E-state index in [0.29, 0.717) is 0 Å². The summed E-state index contributed by atoms with van der Waals surface area (Å²) in [5.74, 6) is -0.589. The van der Waals surface area contributed by atoms with Gasteiger partial charge in [0, 0.05) is 0 Å². The first-order valence-corrected chi connectivity index (χ1v) is 10.3. The molecule has 7 nitrogen and oxygen atoms in total. The highest BCUT2D eigenvalue weighted by molar-refractivity contribution is 8.10. The molecule has 2 rings (SSSR count). The van der Waals surface area contributed by atoms with Crippen LogP contribution in [0.2, 0.25) is 0 Å². The van der Waals surface area contributed by atoms with Gasteiger partial charge in [-0.1, -0.05) is 18.2 Å². The molecule has 10 heteroatoms. The van der Waals surface area contributed by atoms with Crippen molar-refractivity contribution >= 4 is 29.8 Å². The zero-order valence-electron chi connectivity index (χ0n) is 10.1. The summed E-state index contributed by atoms with van der Waals surface area (Å²) in [5, 5.41) is -1.85. The second-order valence-electron chi connectivity index (χ2n) is 4.44. The van der Waals surface area contributed by atoms with Crippen LogP contribution in [0.3, 0.4) is 0 Å². The SMILES string of the molecule is O=S(=O)(O)C1CCS(=O)(=O)C1S(=O)(=O)c1ccccc1. The topological polar surface area (TPSA) is 123 Å². The third kappa shape index (κ3) is 2.60. The third-order valence-electron chi connectivity index (χ3n) is 3.10. The highest BCUT2D eigenvalue weighted by Gasteiger charge is 2.54. The van der Waals surface area contributed by atoms with Crippen molar-refractivity contribution in [2.75, 3.05) is 5.75 Å². The summed E-state index contributed by atoms with van der Waals surface area (Å²) in [5.41, 5.74) is 0. The fourth-order valence-corrected chi connectivity index (χ4v) is 9.75. The number of sulfone groups is 2. The minimum atomic E-state index is -4.77. The number of hydrogen-bond donors (Lipinski definition) is 1. The molecule has 112 valence electrons. The van der Waals surface area contributed by atoms with E-state index in [4.69, 9.17) is 4.55 Å². The lowest BCUT2D eigenvalue weighted by atomic mass is 10.4. The van der Waals surface area contributed by atoms with E-state index in [1.165, 1.54) is 24.3 Å². The molecular formula is C10H12O7S3. The molecule has 1 aliphatic heterocycles. The van der Waals surface area contributed by atoms with Gasteiger partial charge in [-0.3, -0.25) is 4.55 Å². The minimum absolute atomic E-state index is 0.288. The van der Waals surface area contributed by atoms with Gasteiger partial charge in [-0.15, -0.1) is 0 Å². The molecule has 0 bridgehead atoms. The zero-order chi connectivity index (χ0) is 15.2. The first-order chi connectivity index (χ1) is 9.07. The van der Waals surface area contributed by atoms with E-state index in [2.05, 4.69) is 0 Å². The molecule has 1 N–H and O–H groups in total. The molecule has 1 aromatic carbocycles. The Morgan fingerprint density at radius 3 is 2.10 bits per heavy atom. The number of rotatable bonds is 3. The van der Waals surface area contributed by atoms with Gasteiger partial charge in [0.1, 0.15) is 5.25 Å². The van der Waals surface area contributed by atoms with Crippen molar-refractivity contribution in [1.29, 1.82) is 0 Å². The van der Waals surface area contributed by atoms with Gasteiger partial charge in [-0.2, -0.15) is 8.42 Å². The lowest BCUT2D eigenvalue weighted by molar-refractivity contribution is 0.467. The van der Waals surface area contributed by atoms with Gasteiger partial charge in [0.25, 0.3) is 10.1 Å². The van der Waals surface area contributed by atoms with Crippen LogP contribution in [0.4, 0.5) is 0 Å². The summed E-state index contributed by atoms with van der Waals surface area (Å²) in [6, 6.07) is 6.71. The summed E-state index contributed by atoms with van der Waals surface area (Å²) in [6.07, 6.45) is -0.433. The average Bonchev–Trinajstić information content (AvgIpc) is 2.66. The maximum absolute atomic E-state index is 12.4. The molecule has 0 aromatic heterocycles. The molecule has 2 unspecified atom stereocenters. The molecule has 0 spiro atoms. The Morgan fingerprint density at radius 1 is 1.05 bits per heavy atom. The van der Waals surface area contributed by atoms with Crippen LogP contribution in [-0.2, 0) is 29.8 Å². The van der Waals surface area contributed by atoms with Crippen LogP contribution in [0.25, 0.3) is 0 Å². The summed E-state index contributed by atoms with van der Waals surface area (Å²) in [4.78, 5) is -0.288. The Hall–Kier alpha value is -0.970. The van der Waals surface area contributed by atoms with Crippen LogP contribution < -0.4 is 0 Å². The molecule has 0 radical (unpaired) electrons. The highest BCUT2D eigenvalue weighted by atomic mass is 32.3. The summed E-state index contributed by atoms with van der Waals surface area (Å²) < 4.78 is 77.9. The van der Waals surface area contributed by atoms with Crippen molar-refractivity contribution in [1.82, 2.24) is 0 Å². The first-order valence-electron chi connectivity index (χ1n) is 5.53. The third-order valence-corrected chi connectivity index (χ3v) is 10.1. The lowest BCUT2D eigenvalue weighted by Crippen LogP contribution is -2.39. The van der Waals surface area contributed by atoms with E-state index in [1.54, 1.807) is 6.07 Å². The largest absolute Gasteiger partial charge is 0.285 e. The van der Waals surface area contributed by atoms with Gasteiger partial charge < -0.3 is 0 Å². The van der Waals surface area contributed by atoms with E-state index in [-0.39, 0.29) is 4.90 Å². The number of benzene rings is 1. The number of hydrogen-bond acceptors (Lipinski definition) is 6. The average molecular weight is 340 g/mol. The van der Waals surface area contributed by atoms with Crippen LogP contribution in [0, 0.1) is 0 Å². The van der Waals surface area contributed by atoms with Crippen molar-refractivity contribution in [3.8, 4) is 0 Å². The van der Waals surface area contributed by atoms with E-state index < -0.39 is 51.8 Å². The second-order valence-corrected chi connectivity index (χ2v) is 10.7. The summed E-state index contributed by atoms with van der Waals surface area (Å²) >= 11 is 0. The Kier molecular flexibility index (Phi) is 3.70. The Morgan fingerprint density at radius 2 is 1.60 bits per heavy atom. The predicted octanol–water partition coefficient (Wildman–Crippen LogP) is -0.139. The monoisotopic (exact) mass is 340 g/mol. The van der Waals surface area contributed by atoms with Crippen molar-refractivity contribution < 1.29 is 29.8 Å². The van der Waals surface area contributed by atoms with Gasteiger partial charge in [0.2, 0.25) is 0 Å². The smallest absolute Gasteiger partial charge is 0.270 e. The van der Waals surface area contributed by atoms with Crippen LogP contribution in [0.5, 0.6) is 0 Å². The van der Waals surface area contributed by atoms with Gasteiger partial charge >= 0.3 is 0 Å². The molecule has 0 aliphatic carbocycles. The quantitative estimate of drug-likeness (QED) is 0.760. The predicted molar refractivity (Wildman–Crippen MR) is 71.2 cm³/mol. The molecule has 20 heavy (non-hydrogen) atoms. The lowest BCUT2D eigenvalue weighted by Gasteiger charge is -2.16. The van der Waals surface area contributed by atoms with Crippen molar-refractivity contribution in [2.45, 2.75) is 21.1 Å². The molecule has 2 atom stereocenters. The fourth-order valence-electron chi connectivity index (χ4n) is 2.19. The molecule has 0 saturated carbocycles. The molecule has 1 aliphatic rings. The summed E-state index contributed by atoms with van der Waals surface area (Å²) in [6.45, 7) is 0. The maximum atomic E-state index is 12.4. The normalized spacial score (nSPS) is 26.4. The molecule has 1 aromatic rings. The van der Waals surface area contributed by atoms with E-state index >= 15 is 0 Å².